The lowest BCUT2D eigenvalue weighted by Gasteiger charge is -2.07. The number of carbonyl (C=O) groups is 2. The fraction of sp³-hybridized carbons (Fsp3) is 0. The maximum absolute atomic E-state index is 11.9. The number of carboxylic acids is 1. The summed E-state index contributed by atoms with van der Waals surface area (Å²) >= 11 is 3.18. The van der Waals surface area contributed by atoms with Crippen LogP contribution in [0.5, 0.6) is 5.75 Å². The van der Waals surface area contributed by atoms with E-state index < -0.39 is 11.9 Å². The normalized spacial score (nSPS) is 10.1. The summed E-state index contributed by atoms with van der Waals surface area (Å²) in [6.07, 6.45) is 1.23. The quantitative estimate of drug-likeness (QED) is 0.799. The van der Waals surface area contributed by atoms with Gasteiger partial charge in [-0.3, -0.25) is 4.79 Å². The van der Waals surface area contributed by atoms with Crippen LogP contribution in [-0.4, -0.2) is 27.1 Å². The number of amides is 1. The van der Waals surface area contributed by atoms with Crippen molar-refractivity contribution in [3.63, 3.8) is 0 Å². The van der Waals surface area contributed by atoms with Crippen LogP contribution in [0, 0.1) is 0 Å². The molecule has 0 radical (unpaired) electrons. The first-order valence-electron chi connectivity index (χ1n) is 5.46. The second-order valence-electron chi connectivity index (χ2n) is 3.85. The third-order valence-electron chi connectivity index (χ3n) is 2.44. The average molecular weight is 337 g/mol. The van der Waals surface area contributed by atoms with E-state index in [4.69, 9.17) is 5.11 Å². The SMILES string of the molecule is O=C(O)c1ccc(NC(=O)c2ccc(Br)cc2O)cn1. The van der Waals surface area contributed by atoms with Crippen LogP contribution in [0.2, 0.25) is 0 Å². The predicted molar refractivity (Wildman–Crippen MR) is 75.0 cm³/mol. The number of nitrogens with one attached hydrogen (secondary N) is 1. The topological polar surface area (TPSA) is 99.5 Å². The zero-order valence-electron chi connectivity index (χ0n) is 10.0. The molecule has 0 saturated carbocycles. The first kappa shape index (κ1) is 14.0. The van der Waals surface area contributed by atoms with E-state index >= 15 is 0 Å². The number of hydrogen-bond acceptors (Lipinski definition) is 4. The first-order chi connectivity index (χ1) is 9.47. The molecule has 3 N–H and O–H groups in total. The van der Waals surface area contributed by atoms with Crippen molar-refractivity contribution in [3.05, 3.63) is 52.3 Å². The zero-order chi connectivity index (χ0) is 14.7. The molecule has 0 atom stereocenters. The van der Waals surface area contributed by atoms with E-state index in [0.717, 1.165) is 0 Å². The lowest BCUT2D eigenvalue weighted by Crippen LogP contribution is -2.12. The van der Waals surface area contributed by atoms with Crippen molar-refractivity contribution in [2.45, 2.75) is 0 Å². The average Bonchev–Trinajstić information content (AvgIpc) is 2.39. The van der Waals surface area contributed by atoms with Crippen molar-refractivity contribution in [3.8, 4) is 5.75 Å². The number of aromatic carboxylic acids is 1. The molecule has 1 aromatic heterocycles. The van der Waals surface area contributed by atoms with Crippen molar-refractivity contribution >= 4 is 33.5 Å². The van der Waals surface area contributed by atoms with Gasteiger partial charge in [0.1, 0.15) is 11.4 Å². The van der Waals surface area contributed by atoms with E-state index in [2.05, 4.69) is 26.2 Å². The lowest BCUT2D eigenvalue weighted by atomic mass is 10.2. The van der Waals surface area contributed by atoms with Crippen molar-refractivity contribution in [2.24, 2.45) is 0 Å². The molecule has 6 nitrogen and oxygen atoms in total. The smallest absolute Gasteiger partial charge is 0.354 e. The Kier molecular flexibility index (Phi) is 3.99. The maximum Gasteiger partial charge on any atom is 0.354 e. The van der Waals surface area contributed by atoms with Crippen LogP contribution in [0.4, 0.5) is 5.69 Å². The lowest BCUT2D eigenvalue weighted by molar-refractivity contribution is 0.0690. The Morgan fingerprint density at radius 1 is 1.20 bits per heavy atom. The molecule has 102 valence electrons. The molecule has 0 unspecified atom stereocenters. The number of nitrogens with zero attached hydrogens (tertiary/aromatic N) is 1. The van der Waals surface area contributed by atoms with Gasteiger partial charge in [0.25, 0.3) is 5.91 Å². The third-order valence-corrected chi connectivity index (χ3v) is 2.94. The van der Waals surface area contributed by atoms with Crippen LogP contribution in [0.3, 0.4) is 0 Å². The molecule has 2 aromatic rings. The number of aromatic hydroxyl groups is 1. The Balaban J connectivity index is 2.17. The number of phenolic OH excluding ortho intramolecular Hbond substituents is 1. The van der Waals surface area contributed by atoms with E-state index in [-0.39, 0.29) is 17.0 Å². The van der Waals surface area contributed by atoms with Gasteiger partial charge in [-0.1, -0.05) is 15.9 Å². The molecule has 1 heterocycles. The van der Waals surface area contributed by atoms with Crippen molar-refractivity contribution < 1.29 is 19.8 Å². The Labute approximate surface area is 122 Å². The highest BCUT2D eigenvalue weighted by Crippen LogP contribution is 2.23. The van der Waals surface area contributed by atoms with Crippen LogP contribution in [0.15, 0.2) is 41.0 Å². The van der Waals surface area contributed by atoms with E-state index in [1.165, 1.54) is 30.5 Å². The van der Waals surface area contributed by atoms with E-state index in [1.54, 1.807) is 6.07 Å². The summed E-state index contributed by atoms with van der Waals surface area (Å²) in [4.78, 5) is 26.3. The van der Waals surface area contributed by atoms with Gasteiger partial charge in [0.15, 0.2) is 0 Å². The van der Waals surface area contributed by atoms with Crippen molar-refractivity contribution in [1.29, 1.82) is 0 Å². The summed E-state index contributed by atoms with van der Waals surface area (Å²) in [7, 11) is 0. The molecule has 7 heteroatoms. The molecule has 20 heavy (non-hydrogen) atoms. The second-order valence-corrected chi connectivity index (χ2v) is 4.77. The highest BCUT2D eigenvalue weighted by atomic mass is 79.9. The summed E-state index contributed by atoms with van der Waals surface area (Å²) in [6, 6.07) is 7.19. The number of rotatable bonds is 3. The third kappa shape index (κ3) is 3.12. The van der Waals surface area contributed by atoms with E-state index in [0.29, 0.717) is 10.2 Å². The van der Waals surface area contributed by atoms with Gasteiger partial charge in [-0.05, 0) is 30.3 Å². The number of pyridine rings is 1. The van der Waals surface area contributed by atoms with Gasteiger partial charge in [-0.15, -0.1) is 0 Å². The number of carbonyl (C=O) groups excluding carboxylic acids is 1. The van der Waals surface area contributed by atoms with E-state index in [9.17, 15) is 14.7 Å². The van der Waals surface area contributed by atoms with Crippen molar-refractivity contribution in [1.82, 2.24) is 4.98 Å². The number of phenols is 1. The van der Waals surface area contributed by atoms with Gasteiger partial charge in [0, 0.05) is 4.47 Å². The number of anilines is 1. The Bertz CT molecular complexity index is 671. The van der Waals surface area contributed by atoms with Gasteiger partial charge >= 0.3 is 5.97 Å². The number of benzene rings is 1. The van der Waals surface area contributed by atoms with Crippen LogP contribution in [-0.2, 0) is 0 Å². The zero-order valence-corrected chi connectivity index (χ0v) is 11.6. The Morgan fingerprint density at radius 3 is 2.50 bits per heavy atom. The van der Waals surface area contributed by atoms with Gasteiger partial charge in [-0.2, -0.15) is 0 Å². The fourth-order valence-electron chi connectivity index (χ4n) is 1.49. The van der Waals surface area contributed by atoms with Crippen molar-refractivity contribution in [2.75, 3.05) is 5.32 Å². The minimum absolute atomic E-state index is 0.107. The van der Waals surface area contributed by atoms with Crippen LogP contribution < -0.4 is 5.32 Å². The molecule has 0 aliphatic rings. The summed E-state index contributed by atoms with van der Waals surface area (Å²) in [6.45, 7) is 0. The standard InChI is InChI=1S/C13H9BrN2O4/c14-7-1-3-9(11(17)5-7)12(18)16-8-2-4-10(13(19)20)15-6-8/h1-6,17H,(H,16,18)(H,19,20). The molecule has 0 saturated heterocycles. The second kappa shape index (κ2) is 5.70. The van der Waals surface area contributed by atoms with Crippen LogP contribution in [0.25, 0.3) is 0 Å². The van der Waals surface area contributed by atoms with Crippen LogP contribution in [0.1, 0.15) is 20.8 Å². The number of halogens is 1. The summed E-state index contributed by atoms with van der Waals surface area (Å²) in [5, 5.41) is 20.9. The largest absolute Gasteiger partial charge is 0.507 e. The minimum Gasteiger partial charge on any atom is -0.507 e. The Hall–Kier alpha value is -2.41. The van der Waals surface area contributed by atoms with Gasteiger partial charge in [0.05, 0.1) is 17.4 Å². The molecule has 0 bridgehead atoms. The summed E-state index contributed by atoms with van der Waals surface area (Å²) in [5.74, 6) is -1.82. The predicted octanol–water partition coefficient (Wildman–Crippen LogP) is 2.50. The molecular formula is C13H9BrN2O4. The number of aromatic nitrogens is 1. The molecule has 0 aliphatic carbocycles. The molecule has 2 rings (SSSR count). The fourth-order valence-corrected chi connectivity index (χ4v) is 1.84. The number of hydrogen-bond donors (Lipinski definition) is 3. The van der Waals surface area contributed by atoms with E-state index in [1.807, 2.05) is 0 Å². The van der Waals surface area contributed by atoms with Gasteiger partial charge in [-0.25, -0.2) is 9.78 Å². The Morgan fingerprint density at radius 2 is 1.95 bits per heavy atom. The van der Waals surface area contributed by atoms with Crippen LogP contribution >= 0.6 is 15.9 Å². The maximum atomic E-state index is 11.9. The summed E-state index contributed by atoms with van der Waals surface area (Å²) in [5.41, 5.74) is 0.326. The molecule has 1 aromatic carbocycles. The highest BCUT2D eigenvalue weighted by molar-refractivity contribution is 9.10. The number of carboxylic acid groups (broad SMARTS) is 1. The molecule has 0 fully saturated rings. The molecule has 0 aliphatic heterocycles. The van der Waals surface area contributed by atoms with Gasteiger partial charge < -0.3 is 15.5 Å². The molecular weight excluding hydrogens is 328 g/mol. The minimum atomic E-state index is -1.14. The highest BCUT2D eigenvalue weighted by Gasteiger charge is 2.12. The van der Waals surface area contributed by atoms with Gasteiger partial charge in [0.2, 0.25) is 0 Å². The summed E-state index contributed by atoms with van der Waals surface area (Å²) < 4.78 is 0.652. The monoisotopic (exact) mass is 336 g/mol. The molecule has 0 spiro atoms. The molecule has 1 amide bonds. The first-order valence-corrected chi connectivity index (χ1v) is 6.26.